The maximum absolute atomic E-state index is 10.2. The van der Waals surface area contributed by atoms with E-state index in [1.807, 2.05) is 56.3 Å². The Bertz CT molecular complexity index is 1460. The smallest absolute Gasteiger partial charge is 0.226 e. The molecule has 1 aliphatic carbocycles. The van der Waals surface area contributed by atoms with Crippen LogP contribution >= 0.6 is 0 Å². The number of aromatic hydroxyl groups is 2. The van der Waals surface area contributed by atoms with Crippen LogP contribution in [0.2, 0.25) is 0 Å². The van der Waals surface area contributed by atoms with Crippen LogP contribution in [0.1, 0.15) is 62.3 Å². The summed E-state index contributed by atoms with van der Waals surface area (Å²) in [5.74, 6) is 2.15. The van der Waals surface area contributed by atoms with Crippen molar-refractivity contribution in [3.8, 4) is 34.6 Å². The van der Waals surface area contributed by atoms with Crippen LogP contribution in [-0.4, -0.2) is 20.2 Å². The van der Waals surface area contributed by atoms with Crippen LogP contribution in [0, 0.1) is 25.2 Å². The van der Waals surface area contributed by atoms with Gasteiger partial charge in [-0.05, 0) is 78.8 Å². The molecule has 3 aromatic carbocycles. The maximum Gasteiger partial charge on any atom is 0.226 e. The first kappa shape index (κ1) is 25.8. The number of hydrogen-bond donors (Lipinski definition) is 2. The van der Waals surface area contributed by atoms with E-state index in [1.165, 1.54) is 23.6 Å². The van der Waals surface area contributed by atoms with Gasteiger partial charge >= 0.3 is 0 Å². The molecule has 1 aliphatic rings. The molecular weight excluding hydrogens is 472 g/mol. The topological polar surface area (TPSA) is 75.5 Å². The third kappa shape index (κ3) is 5.10. The Kier molecular flexibility index (Phi) is 6.64. The highest BCUT2D eigenvalue weighted by Gasteiger charge is 2.45. The summed E-state index contributed by atoms with van der Waals surface area (Å²) in [4.78, 5) is 8.71. The van der Waals surface area contributed by atoms with E-state index in [0.717, 1.165) is 29.5 Å². The number of rotatable bonds is 5. The van der Waals surface area contributed by atoms with Crippen molar-refractivity contribution in [1.82, 2.24) is 9.97 Å². The minimum Gasteiger partial charge on any atom is -0.508 e. The zero-order valence-corrected chi connectivity index (χ0v) is 22.8. The van der Waals surface area contributed by atoms with E-state index >= 15 is 0 Å². The molecule has 2 atom stereocenters. The van der Waals surface area contributed by atoms with E-state index in [4.69, 9.17) is 4.74 Å². The fourth-order valence-electron chi connectivity index (χ4n) is 6.49. The minimum absolute atomic E-state index is 0.136. The molecule has 38 heavy (non-hydrogen) atoms. The molecule has 2 unspecified atom stereocenters. The molecule has 1 fully saturated rings. The van der Waals surface area contributed by atoms with Crippen molar-refractivity contribution >= 4 is 0 Å². The Hall–Kier alpha value is -3.86. The van der Waals surface area contributed by atoms with Crippen molar-refractivity contribution in [2.24, 2.45) is 11.3 Å². The fraction of sp³-hybridized carbons (Fsp3) is 0.333. The predicted molar refractivity (Wildman–Crippen MR) is 151 cm³/mol. The summed E-state index contributed by atoms with van der Waals surface area (Å²) in [6.07, 6.45) is 3.25. The van der Waals surface area contributed by atoms with Crippen LogP contribution in [0.25, 0.3) is 11.4 Å². The van der Waals surface area contributed by atoms with Gasteiger partial charge in [0.1, 0.15) is 11.5 Å². The maximum atomic E-state index is 10.2. The van der Waals surface area contributed by atoms with E-state index in [9.17, 15) is 10.2 Å². The lowest BCUT2D eigenvalue weighted by Crippen LogP contribution is -2.41. The monoisotopic (exact) mass is 508 g/mol. The highest BCUT2D eigenvalue weighted by molar-refractivity contribution is 5.56. The number of ether oxygens (including phenoxy) is 1. The van der Waals surface area contributed by atoms with Crippen molar-refractivity contribution in [3.05, 3.63) is 95.1 Å². The molecule has 5 nitrogen and oxygen atoms in total. The van der Waals surface area contributed by atoms with Gasteiger partial charge in [-0.15, -0.1) is 0 Å². The lowest BCUT2D eigenvalue weighted by atomic mass is 9.55. The highest BCUT2D eigenvalue weighted by atomic mass is 16.5. The number of nitrogens with zero attached hydrogens (tertiary/aromatic N) is 2. The predicted octanol–water partition coefficient (Wildman–Crippen LogP) is 8.10. The largest absolute Gasteiger partial charge is 0.508 e. The summed E-state index contributed by atoms with van der Waals surface area (Å²) in [5, 5.41) is 20.5. The zero-order chi connectivity index (χ0) is 27.1. The Balaban J connectivity index is 1.53. The molecular formula is C33H36N2O3. The Morgan fingerprint density at radius 3 is 2.16 bits per heavy atom. The Morgan fingerprint density at radius 2 is 1.50 bits per heavy atom. The molecule has 0 radical (unpaired) electrons. The zero-order valence-electron chi connectivity index (χ0n) is 22.8. The SMILES string of the molecule is Cc1cc(C2(c3ccc(Oc4cc(O)nc(-c5ccccc5)n4)c(C)c3)CC(C)CC(C)(C)C2)ccc1O. The van der Waals surface area contributed by atoms with Crippen molar-refractivity contribution in [2.45, 2.75) is 59.3 Å². The number of hydrogen-bond acceptors (Lipinski definition) is 5. The first-order chi connectivity index (χ1) is 18.0. The fourth-order valence-corrected chi connectivity index (χ4v) is 6.49. The van der Waals surface area contributed by atoms with Gasteiger partial charge in [0.25, 0.3) is 0 Å². The molecule has 2 N–H and O–H groups in total. The lowest BCUT2D eigenvalue weighted by Gasteiger charge is -2.49. The Morgan fingerprint density at radius 1 is 0.816 bits per heavy atom. The van der Waals surface area contributed by atoms with Crippen LogP contribution in [-0.2, 0) is 5.41 Å². The summed E-state index contributed by atoms with van der Waals surface area (Å²) in [6.45, 7) is 11.1. The molecule has 5 heteroatoms. The van der Waals surface area contributed by atoms with Crippen LogP contribution in [0.15, 0.2) is 72.8 Å². The number of aromatic nitrogens is 2. The molecule has 0 amide bonds. The van der Waals surface area contributed by atoms with Crippen molar-refractivity contribution in [2.75, 3.05) is 0 Å². The van der Waals surface area contributed by atoms with Gasteiger partial charge in [0.2, 0.25) is 11.8 Å². The number of benzene rings is 3. The van der Waals surface area contributed by atoms with Gasteiger partial charge in [0.15, 0.2) is 5.82 Å². The summed E-state index contributed by atoms with van der Waals surface area (Å²) in [7, 11) is 0. The van der Waals surface area contributed by atoms with Gasteiger partial charge in [-0.25, -0.2) is 0 Å². The average molecular weight is 509 g/mol. The first-order valence-corrected chi connectivity index (χ1v) is 13.3. The molecule has 0 spiro atoms. The molecule has 1 saturated carbocycles. The van der Waals surface area contributed by atoms with Crippen LogP contribution in [0.3, 0.4) is 0 Å². The third-order valence-electron chi connectivity index (χ3n) is 7.79. The second-order valence-corrected chi connectivity index (χ2v) is 11.8. The normalized spacial score (nSPS) is 20.7. The van der Waals surface area contributed by atoms with E-state index in [1.54, 1.807) is 0 Å². The van der Waals surface area contributed by atoms with E-state index in [-0.39, 0.29) is 16.7 Å². The number of phenolic OH excluding ortho intramolecular Hbond substituents is 1. The summed E-state index contributed by atoms with van der Waals surface area (Å²) in [5.41, 5.74) is 5.20. The van der Waals surface area contributed by atoms with E-state index in [2.05, 4.69) is 55.0 Å². The number of aryl methyl sites for hydroxylation is 2. The van der Waals surface area contributed by atoms with Gasteiger partial charge in [0, 0.05) is 11.0 Å². The third-order valence-corrected chi connectivity index (χ3v) is 7.79. The van der Waals surface area contributed by atoms with Crippen LogP contribution in [0.4, 0.5) is 0 Å². The molecule has 0 aliphatic heterocycles. The second-order valence-electron chi connectivity index (χ2n) is 11.8. The minimum atomic E-state index is -0.170. The highest BCUT2D eigenvalue weighted by Crippen LogP contribution is 2.54. The number of phenols is 1. The van der Waals surface area contributed by atoms with Gasteiger partial charge in [-0.1, -0.05) is 75.4 Å². The molecule has 4 aromatic rings. The second kappa shape index (κ2) is 9.79. The van der Waals surface area contributed by atoms with Crippen LogP contribution < -0.4 is 4.74 Å². The van der Waals surface area contributed by atoms with Crippen molar-refractivity contribution < 1.29 is 14.9 Å². The molecule has 1 aromatic heterocycles. The molecule has 0 saturated heterocycles. The van der Waals surface area contributed by atoms with Gasteiger partial charge in [-0.3, -0.25) is 0 Å². The van der Waals surface area contributed by atoms with Crippen molar-refractivity contribution in [1.29, 1.82) is 0 Å². The van der Waals surface area contributed by atoms with Crippen LogP contribution in [0.5, 0.6) is 23.3 Å². The van der Waals surface area contributed by atoms with Gasteiger partial charge in [0.05, 0.1) is 6.07 Å². The van der Waals surface area contributed by atoms with Gasteiger partial charge in [-0.2, -0.15) is 9.97 Å². The lowest BCUT2D eigenvalue weighted by molar-refractivity contribution is 0.126. The molecule has 0 bridgehead atoms. The molecule has 1 heterocycles. The van der Waals surface area contributed by atoms with Gasteiger partial charge < -0.3 is 14.9 Å². The average Bonchev–Trinajstić information content (AvgIpc) is 2.86. The molecule has 196 valence electrons. The van der Waals surface area contributed by atoms with E-state index < -0.39 is 0 Å². The van der Waals surface area contributed by atoms with E-state index in [0.29, 0.717) is 29.1 Å². The summed E-state index contributed by atoms with van der Waals surface area (Å²) < 4.78 is 6.19. The first-order valence-electron chi connectivity index (χ1n) is 13.3. The molecule has 5 rings (SSSR count). The van der Waals surface area contributed by atoms with Crippen molar-refractivity contribution in [3.63, 3.8) is 0 Å². The summed E-state index contributed by atoms with van der Waals surface area (Å²) in [6, 6.07) is 23.4. The summed E-state index contributed by atoms with van der Waals surface area (Å²) >= 11 is 0. The quantitative estimate of drug-likeness (QED) is 0.285. The Labute approximate surface area is 225 Å². The standard InChI is InChI=1S/C33H36N2O3/c1-21-18-32(4,5)20-33(19-21,25-11-13-27(36)22(2)15-25)26-12-14-28(23(3)16-26)38-30-17-29(37)34-31(35-30)24-9-7-6-8-10-24/h6-17,21,36H,18-20H2,1-5H3,(H,34,35,37).